The van der Waals surface area contributed by atoms with E-state index >= 15 is 0 Å². The molecule has 0 spiro atoms. The minimum absolute atomic E-state index is 0.457. The standard InChI is InChI=1S/C25H28ClN7S.C25H28N6S.C17H13ClN6S/c1-4-32-7-8-33(14-15(32)2)19-11-21(16(3)27-13-19)30-25-28-12-17-9-23(34)29-22-10-18(26)5-6-20(22)24(17)31-25;1-15-3-5-20-22(11-15)29-23(32)13-18-14-27-25(31-24(18)20)30-21-6-4-19(28-16(21)2)12-17-7-9-26-10-8-17;18-10-1-3-12-13(6-10)23-15(25)5-9-7-21-17(24-16(9)12)22-11-2-4-14(19)20-8-11/h5-6,10-13,15H,4,7-9,14H2,1-3H3,(H,29,34)(H,28,30,31);3-6,11,14,17,26H,7-10,12-13H2,1-2H3,(H,29,32)(H,27,30,31);1-4,6-8H,5H2,(H2,19,20)(H,23,25)(H,21,22,24)/t15-;;/m0../s1. The summed E-state index contributed by atoms with van der Waals surface area (Å²) >= 11 is 28.7. The van der Waals surface area contributed by atoms with Crippen molar-refractivity contribution in [2.45, 2.75) is 79.2 Å². The summed E-state index contributed by atoms with van der Waals surface area (Å²) in [6.07, 6.45) is 14.4. The molecular weight excluding hydrogens is 1240 g/mol. The molecule has 19 nitrogen and oxygen atoms in total. The first-order valence-electron chi connectivity index (χ1n) is 30.4. The van der Waals surface area contributed by atoms with Gasteiger partial charge >= 0.3 is 0 Å². The first-order chi connectivity index (χ1) is 44.0. The van der Waals surface area contributed by atoms with Crippen molar-refractivity contribution in [2.75, 3.05) is 81.8 Å². The smallest absolute Gasteiger partial charge is 0.227 e. The van der Waals surface area contributed by atoms with Gasteiger partial charge in [0.05, 0.1) is 78.6 Å². The highest BCUT2D eigenvalue weighted by atomic mass is 35.5. The predicted octanol–water partition coefficient (Wildman–Crippen LogP) is 13.6. The molecule has 2 saturated heterocycles. The van der Waals surface area contributed by atoms with E-state index in [0.29, 0.717) is 64.0 Å². The number of nitrogens with two attached hydrogens (primary N) is 1. The molecule has 0 amide bonds. The average Bonchev–Trinajstić information content (AvgIpc) is 2.84. The van der Waals surface area contributed by atoms with Gasteiger partial charge in [-0.3, -0.25) is 14.9 Å². The van der Waals surface area contributed by atoms with Crippen LogP contribution in [0.3, 0.4) is 0 Å². The number of anilines is 11. The zero-order valence-corrected chi connectivity index (χ0v) is 55.0. The van der Waals surface area contributed by atoms with Gasteiger partial charge in [0.2, 0.25) is 17.8 Å². The summed E-state index contributed by atoms with van der Waals surface area (Å²) in [6.45, 7) is 17.0. The molecular formula is C67H69Cl2N19S3. The highest BCUT2D eigenvalue weighted by Gasteiger charge is 2.26. The number of pyridine rings is 3. The molecule has 3 aromatic carbocycles. The molecule has 5 aliphatic heterocycles. The van der Waals surface area contributed by atoms with Gasteiger partial charge in [-0.1, -0.05) is 78.9 Å². The number of hydrogen-bond acceptors (Lipinski definition) is 19. The number of piperazine rings is 1. The maximum atomic E-state index is 6.22. The number of hydrogen-bond donors (Lipinski definition) is 8. The molecule has 464 valence electrons. The quantitative estimate of drug-likeness (QED) is 0.0595. The summed E-state index contributed by atoms with van der Waals surface area (Å²) in [6, 6.07) is 28.1. The lowest BCUT2D eigenvalue weighted by Gasteiger charge is -2.40. The normalized spacial score (nSPS) is 15.8. The highest BCUT2D eigenvalue weighted by molar-refractivity contribution is 7.81. The van der Waals surface area contributed by atoms with Crippen molar-refractivity contribution in [1.82, 2.24) is 55.1 Å². The second-order valence-electron chi connectivity index (χ2n) is 23.2. The molecule has 0 radical (unpaired) electrons. The number of nitrogen functional groups attached to an aromatic ring is 1. The molecule has 0 unspecified atom stereocenters. The fourth-order valence-corrected chi connectivity index (χ4v) is 13.0. The lowest BCUT2D eigenvalue weighted by Crippen LogP contribution is -2.51. The third-order valence-electron chi connectivity index (χ3n) is 16.6. The second-order valence-corrected chi connectivity index (χ2v) is 25.6. The van der Waals surface area contributed by atoms with Crippen molar-refractivity contribution >= 4 is 138 Å². The topological polar surface area (TPSA) is 233 Å². The van der Waals surface area contributed by atoms with Gasteiger partial charge < -0.3 is 47.9 Å². The number of rotatable bonds is 10. The molecule has 24 heteroatoms. The monoisotopic (exact) mass is 1310 g/mol. The number of likely N-dealkylation sites (N-methyl/N-ethyl adjacent to an activating group) is 1. The molecule has 2 fully saturated rings. The van der Waals surface area contributed by atoms with Crippen LogP contribution < -0.4 is 47.9 Å². The lowest BCUT2D eigenvalue weighted by atomic mass is 9.93. The molecule has 5 aliphatic rings. The average molecular weight is 1310 g/mol. The number of benzene rings is 3. The van der Waals surface area contributed by atoms with Crippen LogP contribution in [-0.4, -0.2) is 110 Å². The summed E-state index contributed by atoms with van der Waals surface area (Å²) in [5.41, 5.74) is 24.7. The van der Waals surface area contributed by atoms with Gasteiger partial charge in [-0.15, -0.1) is 0 Å². The van der Waals surface area contributed by atoms with Crippen LogP contribution in [0.4, 0.5) is 63.5 Å². The molecule has 9 aromatic rings. The van der Waals surface area contributed by atoms with E-state index in [1.807, 2.05) is 74.9 Å². The predicted molar refractivity (Wildman–Crippen MR) is 382 cm³/mol. The fourth-order valence-electron chi connectivity index (χ4n) is 11.8. The molecule has 0 aliphatic carbocycles. The SMILES string of the molecule is CCN1CCN(c2cnc(C)c(Nc3ncc4c(n3)-c3ccc(Cl)cc3NC(=S)C4)c2)C[C@@H]1C.Cc1ccc2c(c1)NC(=S)Cc1cnc(Nc3ccc(CC4CCNCC4)nc3C)nc1-2.Nc1ccc(Nc2ncc3c(n2)-c2ccc(Cl)cc2NC(=S)C3)cn1. The number of nitrogens with one attached hydrogen (secondary N) is 7. The van der Waals surface area contributed by atoms with E-state index in [1.54, 1.807) is 18.5 Å². The van der Waals surface area contributed by atoms with Gasteiger partial charge in [0.25, 0.3) is 0 Å². The summed E-state index contributed by atoms with van der Waals surface area (Å²) < 4.78 is 0. The first-order valence-corrected chi connectivity index (χ1v) is 32.4. The van der Waals surface area contributed by atoms with E-state index in [0.717, 1.165) is 169 Å². The number of nitrogens with zero attached hydrogens (tertiary/aromatic N) is 11. The van der Waals surface area contributed by atoms with E-state index in [9.17, 15) is 0 Å². The third-order valence-corrected chi connectivity index (χ3v) is 17.8. The van der Waals surface area contributed by atoms with E-state index in [1.165, 1.54) is 18.4 Å². The number of piperidine rings is 1. The first kappa shape index (κ1) is 62.7. The Morgan fingerprint density at radius 2 is 1.12 bits per heavy atom. The summed E-state index contributed by atoms with van der Waals surface area (Å²) in [4.78, 5) is 48.6. The van der Waals surface area contributed by atoms with Gasteiger partial charge in [-0.25, -0.2) is 34.9 Å². The zero-order valence-electron chi connectivity index (χ0n) is 51.1. The number of thiocarbonyl (C=S) groups is 3. The van der Waals surface area contributed by atoms with E-state index in [2.05, 4.69) is 134 Å². The van der Waals surface area contributed by atoms with Crippen LogP contribution >= 0.6 is 59.9 Å². The van der Waals surface area contributed by atoms with Gasteiger partial charge in [-0.2, -0.15) is 0 Å². The highest BCUT2D eigenvalue weighted by Crippen LogP contribution is 2.39. The van der Waals surface area contributed by atoms with Gasteiger partial charge in [0, 0.05) is 130 Å². The largest absolute Gasteiger partial charge is 0.384 e. The minimum Gasteiger partial charge on any atom is -0.384 e. The molecule has 0 saturated carbocycles. The zero-order chi connectivity index (χ0) is 63.3. The van der Waals surface area contributed by atoms with Crippen molar-refractivity contribution in [3.05, 3.63) is 165 Å². The van der Waals surface area contributed by atoms with Crippen LogP contribution in [0.1, 0.15) is 66.0 Å². The number of halogens is 2. The Morgan fingerprint density at radius 1 is 0.571 bits per heavy atom. The van der Waals surface area contributed by atoms with Gasteiger partial charge in [0.15, 0.2) is 0 Å². The second kappa shape index (κ2) is 27.9. The molecule has 14 rings (SSSR count). The van der Waals surface area contributed by atoms with Crippen LogP contribution in [0.15, 0.2) is 116 Å². The van der Waals surface area contributed by atoms with Crippen molar-refractivity contribution in [3.63, 3.8) is 0 Å². The van der Waals surface area contributed by atoms with Crippen LogP contribution in [0.25, 0.3) is 33.8 Å². The molecule has 11 heterocycles. The van der Waals surface area contributed by atoms with Crippen molar-refractivity contribution < 1.29 is 0 Å². The van der Waals surface area contributed by atoms with Crippen LogP contribution in [0, 0.1) is 26.7 Å². The number of fused-ring (bicyclic) bond motifs is 9. The molecule has 91 heavy (non-hydrogen) atoms. The van der Waals surface area contributed by atoms with E-state index in [-0.39, 0.29) is 0 Å². The Hall–Kier alpha value is -8.48. The Kier molecular flexibility index (Phi) is 19.3. The molecule has 9 N–H and O–H groups in total. The Labute approximate surface area is 555 Å². The molecule has 0 bridgehead atoms. The van der Waals surface area contributed by atoms with E-state index < -0.39 is 0 Å². The molecule has 1 atom stereocenters. The lowest BCUT2D eigenvalue weighted by molar-refractivity contribution is 0.199. The number of aryl methyl sites for hydroxylation is 3. The van der Waals surface area contributed by atoms with E-state index in [4.69, 9.17) is 80.5 Å². The number of aromatic nitrogens is 9. The van der Waals surface area contributed by atoms with Crippen molar-refractivity contribution in [2.24, 2.45) is 5.92 Å². The maximum absolute atomic E-state index is 6.22. The maximum Gasteiger partial charge on any atom is 0.227 e. The summed E-state index contributed by atoms with van der Waals surface area (Å²) in [5.74, 6) is 2.74. The van der Waals surface area contributed by atoms with Crippen LogP contribution in [-0.2, 0) is 25.7 Å². The third kappa shape index (κ3) is 15.1. The Balaban J connectivity index is 0.000000133. The van der Waals surface area contributed by atoms with Gasteiger partial charge in [0.1, 0.15) is 5.82 Å². The Morgan fingerprint density at radius 3 is 1.66 bits per heavy atom. The molecule has 6 aromatic heterocycles. The fraction of sp³-hybridized carbons (Fsp3) is 0.284. The van der Waals surface area contributed by atoms with Crippen molar-refractivity contribution in [3.8, 4) is 33.8 Å². The van der Waals surface area contributed by atoms with Gasteiger partial charge in [-0.05, 0) is 151 Å². The van der Waals surface area contributed by atoms with Crippen LogP contribution in [0.2, 0.25) is 10.0 Å². The Bertz CT molecular complexity index is 4240. The summed E-state index contributed by atoms with van der Waals surface area (Å²) in [5, 5.41) is 24.5. The minimum atomic E-state index is 0.457. The van der Waals surface area contributed by atoms with Crippen molar-refractivity contribution in [1.29, 1.82) is 0 Å². The van der Waals surface area contributed by atoms with Crippen LogP contribution in [0.5, 0.6) is 0 Å². The summed E-state index contributed by atoms with van der Waals surface area (Å²) in [7, 11) is 0.